The second kappa shape index (κ2) is 4.92. The van der Waals surface area contributed by atoms with Crippen molar-refractivity contribution in [1.29, 1.82) is 0 Å². The summed E-state index contributed by atoms with van der Waals surface area (Å²) in [5.41, 5.74) is 5.43. The van der Waals surface area contributed by atoms with Gasteiger partial charge in [0.05, 0.1) is 6.10 Å². The van der Waals surface area contributed by atoms with Crippen LogP contribution in [0, 0.1) is 5.41 Å². The minimum absolute atomic E-state index is 0.0836. The van der Waals surface area contributed by atoms with Crippen LogP contribution >= 0.6 is 11.3 Å². The summed E-state index contributed by atoms with van der Waals surface area (Å²) in [6.45, 7) is 7.35. The Morgan fingerprint density at radius 1 is 1.60 bits per heavy atom. The van der Waals surface area contributed by atoms with E-state index in [4.69, 9.17) is 5.73 Å². The highest BCUT2D eigenvalue weighted by molar-refractivity contribution is 7.15. The largest absolute Gasteiger partial charge is 0.391 e. The van der Waals surface area contributed by atoms with Crippen LogP contribution in [-0.2, 0) is 6.54 Å². The van der Waals surface area contributed by atoms with Crippen molar-refractivity contribution in [3.63, 3.8) is 0 Å². The van der Waals surface area contributed by atoms with E-state index in [1.165, 1.54) is 11.3 Å². The quantitative estimate of drug-likeness (QED) is 0.726. The summed E-state index contributed by atoms with van der Waals surface area (Å²) in [5.74, 6) is 0. The zero-order chi connectivity index (χ0) is 11.5. The van der Waals surface area contributed by atoms with Crippen LogP contribution in [0.3, 0.4) is 0 Å². The van der Waals surface area contributed by atoms with E-state index < -0.39 is 0 Å². The number of nitrogen functional groups attached to an aromatic ring is 1. The third-order valence-electron chi connectivity index (χ3n) is 2.21. The van der Waals surface area contributed by atoms with Crippen LogP contribution in [-0.4, -0.2) is 22.7 Å². The topological polar surface area (TPSA) is 71.2 Å². The van der Waals surface area contributed by atoms with Crippen LogP contribution in [0.25, 0.3) is 0 Å². The number of rotatable bonds is 4. The normalized spacial score (nSPS) is 14.1. The molecule has 0 radical (unpaired) electrons. The third-order valence-corrected chi connectivity index (χ3v) is 3.03. The minimum atomic E-state index is -0.345. The zero-order valence-electron chi connectivity index (χ0n) is 9.45. The van der Waals surface area contributed by atoms with Crippen molar-refractivity contribution in [3.05, 3.63) is 11.1 Å². The Balaban J connectivity index is 2.28. The Labute approximate surface area is 94.5 Å². The summed E-state index contributed by atoms with van der Waals surface area (Å²) in [6.07, 6.45) is 1.42. The van der Waals surface area contributed by atoms with Gasteiger partial charge in [-0.1, -0.05) is 20.8 Å². The van der Waals surface area contributed by atoms with Crippen LogP contribution in [0.2, 0.25) is 0 Å². The van der Waals surface area contributed by atoms with Gasteiger partial charge in [0.2, 0.25) is 0 Å². The molecule has 0 amide bonds. The molecule has 4 nitrogen and oxygen atoms in total. The lowest BCUT2D eigenvalue weighted by molar-refractivity contribution is 0.0628. The van der Waals surface area contributed by atoms with Crippen molar-refractivity contribution in [2.45, 2.75) is 33.4 Å². The number of nitrogens with one attached hydrogen (secondary N) is 1. The molecule has 1 unspecified atom stereocenters. The molecule has 0 aromatic carbocycles. The lowest BCUT2D eigenvalue weighted by Gasteiger charge is -2.25. The van der Waals surface area contributed by atoms with Crippen LogP contribution in [0.4, 0.5) is 5.13 Å². The molecule has 0 aliphatic carbocycles. The Kier molecular flexibility index (Phi) is 4.07. The molecule has 1 heterocycles. The average Bonchev–Trinajstić information content (AvgIpc) is 2.49. The number of hydrogen-bond donors (Lipinski definition) is 3. The SMILES string of the molecule is CC(C)(C)C(O)CNCc1cnc(N)s1. The monoisotopic (exact) mass is 229 g/mol. The maximum absolute atomic E-state index is 9.77. The fourth-order valence-electron chi connectivity index (χ4n) is 1.04. The van der Waals surface area contributed by atoms with E-state index in [-0.39, 0.29) is 11.5 Å². The zero-order valence-corrected chi connectivity index (χ0v) is 10.3. The van der Waals surface area contributed by atoms with Gasteiger partial charge in [0.25, 0.3) is 0 Å². The first-order valence-corrected chi connectivity index (χ1v) is 5.80. The van der Waals surface area contributed by atoms with E-state index >= 15 is 0 Å². The predicted octanol–water partition coefficient (Wildman–Crippen LogP) is 1.22. The predicted molar refractivity (Wildman–Crippen MR) is 63.7 cm³/mol. The summed E-state index contributed by atoms with van der Waals surface area (Å²) in [4.78, 5) is 5.05. The molecular formula is C10H19N3OS. The Morgan fingerprint density at radius 3 is 2.73 bits per heavy atom. The molecule has 0 saturated heterocycles. The van der Waals surface area contributed by atoms with E-state index in [0.717, 1.165) is 4.88 Å². The van der Waals surface area contributed by atoms with E-state index in [1.54, 1.807) is 6.20 Å². The molecule has 0 aliphatic rings. The number of aliphatic hydroxyl groups is 1. The number of anilines is 1. The van der Waals surface area contributed by atoms with E-state index in [2.05, 4.69) is 10.3 Å². The van der Waals surface area contributed by atoms with Gasteiger partial charge in [-0.05, 0) is 5.41 Å². The van der Waals surface area contributed by atoms with Gasteiger partial charge in [0.15, 0.2) is 5.13 Å². The summed E-state index contributed by atoms with van der Waals surface area (Å²) < 4.78 is 0. The summed E-state index contributed by atoms with van der Waals surface area (Å²) >= 11 is 1.47. The molecule has 86 valence electrons. The van der Waals surface area contributed by atoms with Gasteiger partial charge in [-0.25, -0.2) is 4.98 Å². The number of aromatic nitrogens is 1. The molecule has 0 bridgehead atoms. The minimum Gasteiger partial charge on any atom is -0.391 e. The molecule has 0 fully saturated rings. The first-order valence-electron chi connectivity index (χ1n) is 4.98. The standard InChI is InChI=1S/C10H19N3OS/c1-10(2,3)8(14)6-12-4-7-5-13-9(11)15-7/h5,8,12,14H,4,6H2,1-3H3,(H2,11,13). The van der Waals surface area contributed by atoms with Crippen LogP contribution < -0.4 is 11.1 Å². The first-order chi connectivity index (χ1) is 6.89. The fourth-order valence-corrected chi connectivity index (χ4v) is 1.70. The van der Waals surface area contributed by atoms with E-state index in [1.807, 2.05) is 20.8 Å². The lowest BCUT2D eigenvalue weighted by atomic mass is 9.89. The number of nitrogens with two attached hydrogens (primary N) is 1. The Hall–Kier alpha value is -0.650. The van der Waals surface area contributed by atoms with E-state index in [9.17, 15) is 5.11 Å². The van der Waals surface area contributed by atoms with E-state index in [0.29, 0.717) is 18.2 Å². The lowest BCUT2D eigenvalue weighted by Crippen LogP contribution is -2.36. The summed E-state index contributed by atoms with van der Waals surface area (Å²) in [5, 5.41) is 13.5. The second-order valence-electron chi connectivity index (χ2n) is 4.68. The first kappa shape index (κ1) is 12.4. The molecule has 5 heteroatoms. The van der Waals surface area contributed by atoms with Gasteiger partial charge in [0.1, 0.15) is 0 Å². The van der Waals surface area contributed by atoms with Crippen molar-refractivity contribution in [2.75, 3.05) is 12.3 Å². The third kappa shape index (κ3) is 4.15. The van der Waals surface area contributed by atoms with Crippen molar-refractivity contribution >= 4 is 16.5 Å². The summed E-state index contributed by atoms with van der Waals surface area (Å²) in [6, 6.07) is 0. The fraction of sp³-hybridized carbons (Fsp3) is 0.700. The molecule has 1 rings (SSSR count). The highest BCUT2D eigenvalue weighted by Gasteiger charge is 2.21. The number of aliphatic hydroxyl groups excluding tert-OH is 1. The molecule has 0 spiro atoms. The average molecular weight is 229 g/mol. The number of hydrogen-bond acceptors (Lipinski definition) is 5. The van der Waals surface area contributed by atoms with Crippen LogP contribution in [0.5, 0.6) is 0 Å². The second-order valence-corrected chi connectivity index (χ2v) is 5.82. The van der Waals surface area contributed by atoms with Gasteiger partial charge < -0.3 is 16.2 Å². The van der Waals surface area contributed by atoms with Crippen LogP contribution in [0.1, 0.15) is 25.6 Å². The van der Waals surface area contributed by atoms with Gasteiger partial charge >= 0.3 is 0 Å². The van der Waals surface area contributed by atoms with Gasteiger partial charge in [-0.15, -0.1) is 11.3 Å². The van der Waals surface area contributed by atoms with Crippen molar-refractivity contribution < 1.29 is 5.11 Å². The molecule has 0 aliphatic heterocycles. The highest BCUT2D eigenvalue weighted by atomic mass is 32.1. The van der Waals surface area contributed by atoms with Crippen molar-refractivity contribution in [2.24, 2.45) is 5.41 Å². The van der Waals surface area contributed by atoms with Crippen LogP contribution in [0.15, 0.2) is 6.20 Å². The van der Waals surface area contributed by atoms with Crippen molar-refractivity contribution in [3.8, 4) is 0 Å². The molecular weight excluding hydrogens is 210 g/mol. The van der Waals surface area contributed by atoms with Gasteiger partial charge in [-0.2, -0.15) is 0 Å². The highest BCUT2D eigenvalue weighted by Crippen LogP contribution is 2.18. The van der Waals surface area contributed by atoms with Crippen molar-refractivity contribution in [1.82, 2.24) is 10.3 Å². The van der Waals surface area contributed by atoms with Gasteiger partial charge in [0, 0.05) is 24.2 Å². The maximum Gasteiger partial charge on any atom is 0.180 e. The molecule has 1 atom stereocenters. The number of nitrogens with zero attached hydrogens (tertiary/aromatic N) is 1. The Bertz CT molecular complexity index is 306. The maximum atomic E-state index is 9.77. The molecule has 1 aromatic heterocycles. The molecule has 4 N–H and O–H groups in total. The smallest absolute Gasteiger partial charge is 0.180 e. The molecule has 0 saturated carbocycles. The molecule has 15 heavy (non-hydrogen) atoms. The van der Waals surface area contributed by atoms with Gasteiger partial charge in [-0.3, -0.25) is 0 Å². The number of thiazole rings is 1. The Morgan fingerprint density at radius 2 is 2.27 bits per heavy atom. The summed E-state index contributed by atoms with van der Waals surface area (Å²) in [7, 11) is 0. The molecule has 1 aromatic rings.